The van der Waals surface area contributed by atoms with Crippen molar-refractivity contribution in [1.29, 1.82) is 0 Å². The molecule has 2 atom stereocenters. The fourth-order valence-corrected chi connectivity index (χ4v) is 6.26. The van der Waals surface area contributed by atoms with Gasteiger partial charge in [-0.05, 0) is 69.9 Å². The molecular weight excluding hydrogens is 562 g/mol. The Morgan fingerprint density at radius 2 is 1.67 bits per heavy atom. The lowest BCUT2D eigenvalue weighted by molar-refractivity contribution is -0.135. The van der Waals surface area contributed by atoms with Crippen LogP contribution in [0.1, 0.15) is 57.2 Å². The highest BCUT2D eigenvalue weighted by Crippen LogP contribution is 2.33. The molecule has 1 aliphatic rings. The number of hydrogen-bond donors (Lipinski definition) is 4. The van der Waals surface area contributed by atoms with Crippen molar-refractivity contribution >= 4 is 16.9 Å². The number of fused-ring (bicyclic) bond motifs is 1. The van der Waals surface area contributed by atoms with Crippen molar-refractivity contribution in [3.05, 3.63) is 72.7 Å². The summed E-state index contributed by atoms with van der Waals surface area (Å²) in [6.45, 7) is 5.93. The smallest absolute Gasteiger partial charge is 0.240 e. The largest absolute Gasteiger partial charge is 0.342 e. The Morgan fingerprint density at radius 1 is 0.911 bits per heavy atom. The minimum absolute atomic E-state index is 0.0304. The van der Waals surface area contributed by atoms with E-state index in [0.29, 0.717) is 0 Å². The summed E-state index contributed by atoms with van der Waals surface area (Å²) in [4.78, 5) is 41.1. The van der Waals surface area contributed by atoms with Gasteiger partial charge in [0.1, 0.15) is 11.6 Å². The summed E-state index contributed by atoms with van der Waals surface area (Å²) >= 11 is 0. The molecule has 0 radical (unpaired) electrons. The number of benzene rings is 2. The molecule has 4 N–H and O–H groups in total. The van der Waals surface area contributed by atoms with Gasteiger partial charge in [-0.15, -0.1) is 0 Å². The third kappa shape index (κ3) is 6.67. The Hall–Kier alpha value is -4.41. The lowest BCUT2D eigenvalue weighted by Crippen LogP contribution is -2.47. The maximum atomic E-state index is 13.3. The van der Waals surface area contributed by atoms with Crippen molar-refractivity contribution in [2.45, 2.75) is 58.0 Å². The maximum absolute atomic E-state index is 13.3. The van der Waals surface area contributed by atoms with E-state index in [1.54, 1.807) is 0 Å². The highest BCUT2D eigenvalue weighted by atomic mass is 16.2. The quantitative estimate of drug-likeness (QED) is 0.138. The number of imidazole rings is 2. The number of aromatic nitrogens is 6. The molecule has 0 bridgehead atoms. The summed E-state index contributed by atoms with van der Waals surface area (Å²) in [5.41, 5.74) is 7.51. The third-order valence-electron chi connectivity index (χ3n) is 8.75. The fraction of sp³-hybridized carbons (Fsp3) is 0.400. The number of nitrogens with one attached hydrogen (secondary N) is 4. The fourth-order valence-electron chi connectivity index (χ4n) is 6.26. The first-order valence-electron chi connectivity index (χ1n) is 16.0. The molecule has 10 nitrogen and oxygen atoms in total. The Kier molecular flexibility index (Phi) is 9.32. The van der Waals surface area contributed by atoms with Crippen LogP contribution < -0.4 is 10.6 Å². The van der Waals surface area contributed by atoms with Crippen LogP contribution in [0.4, 0.5) is 0 Å². The molecule has 2 aromatic carbocycles. The molecule has 234 valence electrons. The number of nitrogens with zero attached hydrogens (tertiary/aromatic N) is 5. The number of unbranched alkanes of at least 4 members (excludes halogenated alkanes) is 1. The van der Waals surface area contributed by atoms with Crippen molar-refractivity contribution in [2.75, 3.05) is 27.2 Å². The number of rotatable bonds is 12. The molecule has 4 heterocycles. The number of likely N-dealkylation sites (tertiary alicyclic amines) is 1. The lowest BCUT2D eigenvalue weighted by Gasteiger charge is -2.29. The van der Waals surface area contributed by atoms with Gasteiger partial charge in [-0.1, -0.05) is 44.2 Å². The van der Waals surface area contributed by atoms with Crippen LogP contribution in [0.2, 0.25) is 0 Å². The Bertz CT molecular complexity index is 1740. The molecule has 10 heteroatoms. The van der Waals surface area contributed by atoms with Gasteiger partial charge in [0.05, 0.1) is 58.8 Å². The van der Waals surface area contributed by atoms with Crippen molar-refractivity contribution < 1.29 is 4.79 Å². The standard InChI is InChI=1S/C35H43N9O/c1-22(2)33(37-4)35(45)44-17-7-8-31(44)34-40-21-29(43-34)24-12-10-23(11-13-24)28-19-38-27-18-25(14-15-26(27)41-28)30-20-39-32(42-30)9-5-6-16-36-3/h10-15,18-22,31,33,36-37H,5-9,16-17H2,1-4H3,(H,39,42)(H,40,43). The molecule has 1 fully saturated rings. The SMILES string of the molecule is CNCCCCc1ncc(-c2ccc3nc(-c4ccc(-c5cnc(C6CCCN6C(=O)C(NC)C(C)C)[nH]5)cc4)cnc3c2)[nH]1. The molecule has 6 rings (SSSR count). The van der Waals surface area contributed by atoms with Crippen molar-refractivity contribution in [2.24, 2.45) is 5.92 Å². The molecule has 1 aliphatic heterocycles. The third-order valence-corrected chi connectivity index (χ3v) is 8.75. The minimum Gasteiger partial charge on any atom is -0.342 e. The zero-order chi connectivity index (χ0) is 31.3. The maximum Gasteiger partial charge on any atom is 0.240 e. The second-order valence-corrected chi connectivity index (χ2v) is 12.2. The number of likely N-dealkylation sites (N-methyl/N-ethyl adjacent to an activating group) is 1. The van der Waals surface area contributed by atoms with E-state index in [1.165, 1.54) is 0 Å². The molecule has 2 unspecified atom stereocenters. The van der Waals surface area contributed by atoms with E-state index in [0.717, 1.165) is 102 Å². The van der Waals surface area contributed by atoms with Crippen LogP contribution >= 0.6 is 0 Å². The van der Waals surface area contributed by atoms with Crippen LogP contribution in [-0.4, -0.2) is 73.9 Å². The van der Waals surface area contributed by atoms with E-state index < -0.39 is 0 Å². The number of aryl methyl sites for hydroxylation is 1. The van der Waals surface area contributed by atoms with E-state index in [1.807, 2.05) is 43.7 Å². The lowest BCUT2D eigenvalue weighted by atomic mass is 10.0. The first kappa shape index (κ1) is 30.6. The molecule has 45 heavy (non-hydrogen) atoms. The Labute approximate surface area is 264 Å². The van der Waals surface area contributed by atoms with Gasteiger partial charge in [-0.2, -0.15) is 0 Å². The van der Waals surface area contributed by atoms with Gasteiger partial charge in [0.25, 0.3) is 0 Å². The monoisotopic (exact) mass is 605 g/mol. The molecule has 3 aromatic heterocycles. The summed E-state index contributed by atoms with van der Waals surface area (Å²) in [5.74, 6) is 2.22. The van der Waals surface area contributed by atoms with E-state index >= 15 is 0 Å². The van der Waals surface area contributed by atoms with Gasteiger partial charge in [0, 0.05) is 24.1 Å². The van der Waals surface area contributed by atoms with Crippen molar-refractivity contribution in [3.8, 4) is 33.8 Å². The molecular formula is C35H43N9O. The second kappa shape index (κ2) is 13.7. The average molecular weight is 606 g/mol. The molecule has 0 saturated carbocycles. The molecule has 0 spiro atoms. The molecule has 1 amide bonds. The Morgan fingerprint density at radius 3 is 2.44 bits per heavy atom. The topological polar surface area (TPSA) is 128 Å². The van der Waals surface area contributed by atoms with Gasteiger partial charge >= 0.3 is 0 Å². The predicted molar refractivity (Wildman–Crippen MR) is 178 cm³/mol. The van der Waals surface area contributed by atoms with E-state index in [4.69, 9.17) is 15.0 Å². The summed E-state index contributed by atoms with van der Waals surface area (Å²) in [5, 5.41) is 6.38. The van der Waals surface area contributed by atoms with E-state index in [2.05, 4.69) is 75.8 Å². The first-order valence-corrected chi connectivity index (χ1v) is 16.0. The first-order chi connectivity index (χ1) is 21.9. The van der Waals surface area contributed by atoms with Crippen molar-refractivity contribution in [3.63, 3.8) is 0 Å². The number of amides is 1. The summed E-state index contributed by atoms with van der Waals surface area (Å²) in [6, 6.07) is 14.2. The van der Waals surface area contributed by atoms with Crippen LogP contribution in [0.15, 0.2) is 61.1 Å². The van der Waals surface area contributed by atoms with Crippen molar-refractivity contribution in [1.82, 2.24) is 45.4 Å². The van der Waals surface area contributed by atoms with Crippen LogP contribution in [-0.2, 0) is 11.2 Å². The molecule has 5 aromatic rings. The summed E-state index contributed by atoms with van der Waals surface area (Å²) in [7, 11) is 3.83. The number of carbonyl (C=O) groups excluding carboxylic acids is 1. The van der Waals surface area contributed by atoms with Gasteiger partial charge in [-0.3, -0.25) is 9.78 Å². The van der Waals surface area contributed by atoms with E-state index in [9.17, 15) is 4.79 Å². The second-order valence-electron chi connectivity index (χ2n) is 12.2. The zero-order valence-electron chi connectivity index (χ0n) is 26.6. The van der Waals surface area contributed by atoms with E-state index in [-0.39, 0.29) is 23.9 Å². The number of carbonyl (C=O) groups is 1. The summed E-state index contributed by atoms with van der Waals surface area (Å²) in [6.07, 6.45) is 10.7. The number of H-pyrrole nitrogens is 2. The highest BCUT2D eigenvalue weighted by Gasteiger charge is 2.36. The predicted octanol–water partition coefficient (Wildman–Crippen LogP) is 5.53. The molecule has 0 aliphatic carbocycles. The average Bonchev–Trinajstić information content (AvgIpc) is 3.84. The van der Waals surface area contributed by atoms with Gasteiger partial charge in [-0.25, -0.2) is 15.0 Å². The molecule has 1 saturated heterocycles. The van der Waals surface area contributed by atoms with Gasteiger partial charge in [0.15, 0.2) is 0 Å². The zero-order valence-corrected chi connectivity index (χ0v) is 26.6. The highest BCUT2D eigenvalue weighted by molar-refractivity contribution is 5.83. The van der Waals surface area contributed by atoms with Crippen LogP contribution in [0, 0.1) is 5.92 Å². The van der Waals surface area contributed by atoms with Crippen LogP contribution in [0.5, 0.6) is 0 Å². The van der Waals surface area contributed by atoms with Crippen LogP contribution in [0.25, 0.3) is 44.8 Å². The normalized spacial score (nSPS) is 15.8. The van der Waals surface area contributed by atoms with Gasteiger partial charge in [0.2, 0.25) is 5.91 Å². The van der Waals surface area contributed by atoms with Crippen LogP contribution in [0.3, 0.4) is 0 Å². The van der Waals surface area contributed by atoms with Gasteiger partial charge < -0.3 is 25.5 Å². The number of hydrogen-bond acceptors (Lipinski definition) is 7. The summed E-state index contributed by atoms with van der Waals surface area (Å²) < 4.78 is 0. The minimum atomic E-state index is -0.194. The number of aromatic amines is 2. The Balaban J connectivity index is 1.14.